The van der Waals surface area contributed by atoms with Crippen molar-refractivity contribution >= 4 is 34.8 Å². The highest BCUT2D eigenvalue weighted by atomic mass is 35.5. The number of aromatic carboxylic acids is 1. The lowest BCUT2D eigenvalue weighted by atomic mass is 10.1. The van der Waals surface area contributed by atoms with Crippen LogP contribution in [0.15, 0.2) is 23.6 Å². The van der Waals surface area contributed by atoms with Crippen LogP contribution in [0.25, 0.3) is 0 Å². The average molecular weight is 325 g/mol. The fourth-order valence-corrected chi connectivity index (χ4v) is 2.70. The summed E-state index contributed by atoms with van der Waals surface area (Å²) in [6, 6.07) is 5.17. The summed E-state index contributed by atoms with van der Waals surface area (Å²) in [4.78, 5) is 26.7. The molecule has 0 aliphatic heterocycles. The lowest BCUT2D eigenvalue weighted by Gasteiger charge is -2.07. The fourth-order valence-electron chi connectivity index (χ4n) is 1.76. The standard InChI is InChI=1S/C14H13ClN2O3S/c1-8-9(3-2-4-10(8)15)13(18)16-6-5-12-17-11(7-21-12)14(19)20/h2-4,7H,5-6H2,1H3,(H,16,18)(H,19,20). The van der Waals surface area contributed by atoms with Crippen LogP contribution in [-0.2, 0) is 6.42 Å². The quantitative estimate of drug-likeness (QED) is 0.886. The number of hydrogen-bond acceptors (Lipinski definition) is 4. The predicted molar refractivity (Wildman–Crippen MR) is 81.3 cm³/mol. The van der Waals surface area contributed by atoms with Crippen LogP contribution in [0.1, 0.15) is 31.4 Å². The van der Waals surface area contributed by atoms with Gasteiger partial charge in [-0.15, -0.1) is 11.3 Å². The van der Waals surface area contributed by atoms with Gasteiger partial charge in [-0.05, 0) is 24.6 Å². The monoisotopic (exact) mass is 324 g/mol. The number of amides is 1. The van der Waals surface area contributed by atoms with Gasteiger partial charge >= 0.3 is 5.97 Å². The number of nitrogens with zero attached hydrogens (tertiary/aromatic N) is 1. The molecule has 1 heterocycles. The minimum atomic E-state index is -1.05. The Morgan fingerprint density at radius 2 is 2.19 bits per heavy atom. The van der Waals surface area contributed by atoms with Gasteiger partial charge in [0.05, 0.1) is 5.01 Å². The first kappa shape index (κ1) is 15.5. The van der Waals surface area contributed by atoms with Crippen LogP contribution >= 0.6 is 22.9 Å². The number of aromatic nitrogens is 1. The molecule has 1 amide bonds. The van der Waals surface area contributed by atoms with Crippen LogP contribution in [-0.4, -0.2) is 28.5 Å². The number of hydrogen-bond donors (Lipinski definition) is 2. The highest BCUT2D eigenvalue weighted by Gasteiger charge is 2.11. The minimum absolute atomic E-state index is 0.0343. The van der Waals surface area contributed by atoms with E-state index < -0.39 is 5.97 Å². The molecule has 21 heavy (non-hydrogen) atoms. The van der Waals surface area contributed by atoms with Gasteiger partial charge in [0, 0.05) is 28.9 Å². The Morgan fingerprint density at radius 3 is 2.86 bits per heavy atom. The van der Waals surface area contributed by atoms with Crippen molar-refractivity contribution < 1.29 is 14.7 Å². The molecule has 0 fully saturated rings. The Hall–Kier alpha value is -1.92. The lowest BCUT2D eigenvalue weighted by molar-refractivity contribution is 0.0690. The van der Waals surface area contributed by atoms with E-state index in [0.717, 1.165) is 5.56 Å². The second-order valence-corrected chi connectivity index (χ2v) is 5.70. The van der Waals surface area contributed by atoms with Crippen molar-refractivity contribution in [3.63, 3.8) is 0 Å². The molecular weight excluding hydrogens is 312 g/mol. The van der Waals surface area contributed by atoms with Crippen molar-refractivity contribution in [1.82, 2.24) is 10.3 Å². The summed E-state index contributed by atoms with van der Waals surface area (Å²) in [5, 5.41) is 14.3. The second kappa shape index (κ2) is 6.69. The Labute approximate surface area is 130 Å². The number of carbonyl (C=O) groups excluding carboxylic acids is 1. The second-order valence-electron chi connectivity index (χ2n) is 4.35. The van der Waals surface area contributed by atoms with Crippen molar-refractivity contribution in [2.45, 2.75) is 13.3 Å². The number of thiazole rings is 1. The van der Waals surface area contributed by atoms with E-state index in [4.69, 9.17) is 16.7 Å². The largest absolute Gasteiger partial charge is 0.476 e. The van der Waals surface area contributed by atoms with Gasteiger partial charge in [-0.25, -0.2) is 9.78 Å². The maximum atomic E-state index is 12.0. The van der Waals surface area contributed by atoms with E-state index in [1.807, 2.05) is 0 Å². The third kappa shape index (κ3) is 3.80. The van der Waals surface area contributed by atoms with Gasteiger partial charge in [0.2, 0.25) is 0 Å². The molecule has 0 aliphatic carbocycles. The molecule has 1 aromatic heterocycles. The highest BCUT2D eigenvalue weighted by molar-refractivity contribution is 7.09. The van der Waals surface area contributed by atoms with Gasteiger partial charge in [0.1, 0.15) is 0 Å². The average Bonchev–Trinajstić information content (AvgIpc) is 2.91. The van der Waals surface area contributed by atoms with E-state index in [9.17, 15) is 9.59 Å². The molecule has 2 aromatic rings. The third-order valence-electron chi connectivity index (χ3n) is 2.91. The maximum absolute atomic E-state index is 12.0. The van der Waals surface area contributed by atoms with Crippen LogP contribution in [0, 0.1) is 6.92 Å². The molecule has 0 saturated carbocycles. The van der Waals surface area contributed by atoms with Gasteiger partial charge in [0.25, 0.3) is 5.91 Å². The maximum Gasteiger partial charge on any atom is 0.355 e. The summed E-state index contributed by atoms with van der Waals surface area (Å²) < 4.78 is 0. The zero-order valence-electron chi connectivity index (χ0n) is 11.2. The SMILES string of the molecule is Cc1c(Cl)cccc1C(=O)NCCc1nc(C(=O)O)cs1. The summed E-state index contributed by atoms with van der Waals surface area (Å²) in [7, 11) is 0. The summed E-state index contributed by atoms with van der Waals surface area (Å²) >= 11 is 7.24. The Kier molecular flexibility index (Phi) is 4.93. The van der Waals surface area contributed by atoms with Crippen molar-refractivity contribution in [3.05, 3.63) is 50.4 Å². The molecule has 0 bridgehead atoms. The van der Waals surface area contributed by atoms with E-state index >= 15 is 0 Å². The van der Waals surface area contributed by atoms with Crippen LogP contribution in [0.4, 0.5) is 0 Å². The van der Waals surface area contributed by atoms with E-state index in [1.165, 1.54) is 16.7 Å². The molecular formula is C14H13ClN2O3S. The zero-order valence-corrected chi connectivity index (χ0v) is 12.8. The topological polar surface area (TPSA) is 79.3 Å². The molecule has 0 spiro atoms. The zero-order chi connectivity index (χ0) is 15.4. The first-order chi connectivity index (χ1) is 9.99. The predicted octanol–water partition coefficient (Wildman–Crippen LogP) is 2.78. The lowest BCUT2D eigenvalue weighted by Crippen LogP contribution is -2.26. The number of carboxylic acid groups (broad SMARTS) is 1. The van der Waals surface area contributed by atoms with Crippen LogP contribution in [0.3, 0.4) is 0 Å². The van der Waals surface area contributed by atoms with Crippen LogP contribution < -0.4 is 5.32 Å². The molecule has 0 saturated heterocycles. The smallest absolute Gasteiger partial charge is 0.355 e. The minimum Gasteiger partial charge on any atom is -0.476 e. The van der Waals surface area contributed by atoms with Crippen LogP contribution in [0.2, 0.25) is 5.02 Å². The van der Waals surface area contributed by atoms with Crippen LogP contribution in [0.5, 0.6) is 0 Å². The van der Waals surface area contributed by atoms with E-state index in [-0.39, 0.29) is 11.6 Å². The van der Waals surface area contributed by atoms with Gasteiger partial charge in [-0.1, -0.05) is 17.7 Å². The van der Waals surface area contributed by atoms with E-state index in [0.29, 0.717) is 28.6 Å². The number of nitrogens with one attached hydrogen (secondary N) is 1. The molecule has 0 atom stereocenters. The summed E-state index contributed by atoms with van der Waals surface area (Å²) in [5.41, 5.74) is 1.30. The van der Waals surface area contributed by atoms with Gasteiger partial charge in [-0.2, -0.15) is 0 Å². The van der Waals surface area contributed by atoms with Gasteiger partial charge in [-0.3, -0.25) is 4.79 Å². The summed E-state index contributed by atoms with van der Waals surface area (Å²) in [6.45, 7) is 2.18. The molecule has 0 unspecified atom stereocenters. The molecule has 0 radical (unpaired) electrons. The van der Waals surface area contributed by atoms with Crippen molar-refractivity contribution in [2.75, 3.05) is 6.54 Å². The fraction of sp³-hybridized carbons (Fsp3) is 0.214. The number of rotatable bonds is 5. The number of carboxylic acids is 1. The summed E-state index contributed by atoms with van der Waals surface area (Å²) in [5.74, 6) is -1.25. The molecule has 2 N–H and O–H groups in total. The highest BCUT2D eigenvalue weighted by Crippen LogP contribution is 2.18. The van der Waals surface area contributed by atoms with E-state index in [1.54, 1.807) is 25.1 Å². The normalized spacial score (nSPS) is 10.4. The first-order valence-electron chi connectivity index (χ1n) is 6.20. The van der Waals surface area contributed by atoms with Crippen molar-refractivity contribution in [2.24, 2.45) is 0 Å². The summed E-state index contributed by atoms with van der Waals surface area (Å²) in [6.07, 6.45) is 0.489. The number of benzene rings is 1. The van der Waals surface area contributed by atoms with Crippen molar-refractivity contribution in [1.29, 1.82) is 0 Å². The molecule has 110 valence electrons. The molecule has 2 rings (SSSR count). The Balaban J connectivity index is 1.92. The molecule has 1 aromatic carbocycles. The molecule has 7 heteroatoms. The van der Waals surface area contributed by atoms with Gasteiger partial charge < -0.3 is 10.4 Å². The van der Waals surface area contributed by atoms with E-state index in [2.05, 4.69) is 10.3 Å². The molecule has 5 nitrogen and oxygen atoms in total. The number of carbonyl (C=O) groups is 2. The number of halogens is 1. The Bertz CT molecular complexity index is 685. The third-order valence-corrected chi connectivity index (χ3v) is 4.23. The first-order valence-corrected chi connectivity index (χ1v) is 7.46. The van der Waals surface area contributed by atoms with Crippen molar-refractivity contribution in [3.8, 4) is 0 Å². The Morgan fingerprint density at radius 1 is 1.43 bits per heavy atom. The molecule has 0 aliphatic rings. The van der Waals surface area contributed by atoms with Gasteiger partial charge in [0.15, 0.2) is 5.69 Å².